The van der Waals surface area contributed by atoms with Gasteiger partial charge < -0.3 is 11.6 Å². The summed E-state index contributed by atoms with van der Waals surface area (Å²) in [6.07, 6.45) is 1.10. The fourth-order valence-electron chi connectivity index (χ4n) is 0.785. The first-order chi connectivity index (χ1) is 5.84. The molecule has 1 atom stereocenters. The first-order valence-electron chi connectivity index (χ1n) is 3.48. The molecule has 7 nitrogen and oxygen atoms in total. The van der Waals surface area contributed by atoms with Crippen LogP contribution in [0.4, 0.5) is 5.95 Å². The number of hydrogen-bond donors (Lipinski definition) is 2. The Hall–Kier alpha value is -1.31. The van der Waals surface area contributed by atoms with Crippen LogP contribution in [0.5, 0.6) is 0 Å². The summed E-state index contributed by atoms with van der Waals surface area (Å²) in [6.45, 7) is 1.47. The largest absolute Gasteiger partial charge is 0.366 e. The van der Waals surface area contributed by atoms with Gasteiger partial charge in [0.25, 0.3) is 0 Å². The number of sulfone groups is 1. The molecule has 0 amide bonds. The second kappa shape index (κ2) is 2.87. The quantitative estimate of drug-likeness (QED) is 0.578. The molecular formula is C5H11N5O2S. The maximum absolute atomic E-state index is 11.1. The summed E-state index contributed by atoms with van der Waals surface area (Å²) < 4.78 is 23.2. The Morgan fingerprint density at radius 1 is 1.46 bits per heavy atom. The maximum Gasteiger partial charge on any atom is 0.240 e. The Bertz CT molecular complexity index is 409. The first kappa shape index (κ1) is 9.78. The molecule has 8 heteroatoms. The summed E-state index contributed by atoms with van der Waals surface area (Å²) in [7, 11) is -3.22. The molecule has 0 aliphatic heterocycles. The van der Waals surface area contributed by atoms with Crippen molar-refractivity contribution in [2.45, 2.75) is 12.2 Å². The molecule has 0 saturated carbocycles. The molecule has 0 saturated heterocycles. The summed E-state index contributed by atoms with van der Waals surface area (Å²) >= 11 is 0. The highest BCUT2D eigenvalue weighted by molar-refractivity contribution is 7.90. The van der Waals surface area contributed by atoms with Gasteiger partial charge in [-0.1, -0.05) is 0 Å². The normalized spacial score (nSPS) is 14.3. The molecule has 1 aromatic rings. The number of aromatic nitrogens is 3. The minimum absolute atomic E-state index is 0.00880. The minimum atomic E-state index is -3.22. The van der Waals surface area contributed by atoms with Gasteiger partial charge in [0.05, 0.1) is 0 Å². The predicted molar refractivity (Wildman–Crippen MR) is 47.8 cm³/mol. The van der Waals surface area contributed by atoms with Crippen LogP contribution in [0.15, 0.2) is 0 Å². The summed E-state index contributed by atoms with van der Waals surface area (Å²) in [5, 5.41) is 6.21. The fraction of sp³-hybridized carbons (Fsp3) is 0.600. The highest BCUT2D eigenvalue weighted by atomic mass is 32.2. The lowest BCUT2D eigenvalue weighted by atomic mass is 10.4. The smallest absolute Gasteiger partial charge is 0.240 e. The van der Waals surface area contributed by atoms with E-state index in [0.717, 1.165) is 10.9 Å². The number of rotatable bonds is 2. The van der Waals surface area contributed by atoms with Crippen LogP contribution in [0.2, 0.25) is 0 Å². The Morgan fingerprint density at radius 3 is 2.31 bits per heavy atom. The second-order valence-electron chi connectivity index (χ2n) is 2.76. The van der Waals surface area contributed by atoms with E-state index in [1.165, 1.54) is 6.92 Å². The van der Waals surface area contributed by atoms with Crippen LogP contribution >= 0.6 is 0 Å². The molecule has 13 heavy (non-hydrogen) atoms. The van der Waals surface area contributed by atoms with E-state index in [0.29, 0.717) is 0 Å². The van der Waals surface area contributed by atoms with Gasteiger partial charge >= 0.3 is 0 Å². The topological polar surface area (TPSA) is 117 Å². The molecule has 0 aromatic carbocycles. The molecule has 0 aliphatic rings. The Labute approximate surface area is 75.6 Å². The van der Waals surface area contributed by atoms with Crippen molar-refractivity contribution < 1.29 is 8.42 Å². The molecule has 0 spiro atoms. The molecule has 0 bridgehead atoms. The first-order valence-corrected chi connectivity index (χ1v) is 5.44. The Kier molecular flexibility index (Phi) is 2.16. The van der Waals surface area contributed by atoms with Crippen LogP contribution in [0.25, 0.3) is 0 Å². The van der Waals surface area contributed by atoms with Crippen molar-refractivity contribution in [1.29, 1.82) is 0 Å². The van der Waals surface area contributed by atoms with Crippen molar-refractivity contribution in [2.75, 3.05) is 17.8 Å². The number of nitrogen functional groups attached to an aromatic ring is 2. The molecule has 1 unspecified atom stereocenters. The average Bonchev–Trinajstić information content (AvgIpc) is 2.30. The van der Waals surface area contributed by atoms with Gasteiger partial charge in [-0.15, -0.1) is 10.2 Å². The van der Waals surface area contributed by atoms with Crippen molar-refractivity contribution >= 4 is 15.8 Å². The van der Waals surface area contributed by atoms with E-state index >= 15 is 0 Å². The van der Waals surface area contributed by atoms with Gasteiger partial charge in [-0.2, -0.15) is 0 Å². The Morgan fingerprint density at radius 2 is 2.00 bits per heavy atom. The van der Waals surface area contributed by atoms with E-state index in [9.17, 15) is 8.42 Å². The van der Waals surface area contributed by atoms with E-state index in [-0.39, 0.29) is 11.8 Å². The van der Waals surface area contributed by atoms with E-state index in [1.807, 2.05) is 0 Å². The summed E-state index contributed by atoms with van der Waals surface area (Å²) in [4.78, 5) is 0. The van der Waals surface area contributed by atoms with Crippen LogP contribution in [0.1, 0.15) is 18.0 Å². The predicted octanol–water partition coefficient (Wildman–Crippen LogP) is -1.32. The highest BCUT2D eigenvalue weighted by Gasteiger charge is 2.23. The van der Waals surface area contributed by atoms with Crippen molar-refractivity contribution in [3.63, 3.8) is 0 Å². The van der Waals surface area contributed by atoms with Gasteiger partial charge in [-0.25, -0.2) is 13.1 Å². The lowest BCUT2D eigenvalue weighted by Crippen LogP contribution is -2.20. The molecule has 0 radical (unpaired) electrons. The summed E-state index contributed by atoms with van der Waals surface area (Å²) in [5.41, 5.74) is 5.29. The molecule has 4 N–H and O–H groups in total. The van der Waals surface area contributed by atoms with Crippen molar-refractivity contribution in [3.8, 4) is 0 Å². The third-order valence-electron chi connectivity index (χ3n) is 1.75. The molecule has 0 aliphatic carbocycles. The lowest BCUT2D eigenvalue weighted by molar-refractivity contribution is 0.587. The number of nitrogens with two attached hydrogens (primary N) is 2. The van der Waals surface area contributed by atoms with Crippen LogP contribution in [-0.2, 0) is 9.84 Å². The number of anilines is 1. The van der Waals surface area contributed by atoms with Crippen LogP contribution in [0, 0.1) is 0 Å². The molecule has 1 rings (SSSR count). The molecular weight excluding hydrogens is 194 g/mol. The van der Waals surface area contributed by atoms with Crippen molar-refractivity contribution in [2.24, 2.45) is 0 Å². The van der Waals surface area contributed by atoms with E-state index in [4.69, 9.17) is 11.6 Å². The molecule has 1 aromatic heterocycles. The Balaban J connectivity index is 3.17. The lowest BCUT2D eigenvalue weighted by Gasteiger charge is -2.07. The minimum Gasteiger partial charge on any atom is -0.366 e. The zero-order valence-electron chi connectivity index (χ0n) is 7.30. The highest BCUT2D eigenvalue weighted by Crippen LogP contribution is 2.18. The maximum atomic E-state index is 11.1. The third-order valence-corrected chi connectivity index (χ3v) is 3.25. The molecule has 1 heterocycles. The zero-order valence-corrected chi connectivity index (χ0v) is 8.11. The fourth-order valence-corrected chi connectivity index (χ4v) is 1.33. The SMILES string of the molecule is CC(c1nnc(N)n1N)S(C)(=O)=O. The van der Waals surface area contributed by atoms with Crippen molar-refractivity contribution in [1.82, 2.24) is 14.9 Å². The van der Waals surface area contributed by atoms with Crippen LogP contribution < -0.4 is 11.6 Å². The van der Waals surface area contributed by atoms with Crippen LogP contribution in [-0.4, -0.2) is 29.5 Å². The standard InChI is InChI=1S/C5H11N5O2S/c1-3(13(2,11)12)4-8-9-5(6)10(4)7/h3H,7H2,1-2H3,(H2,6,9). The van der Waals surface area contributed by atoms with E-state index < -0.39 is 15.1 Å². The monoisotopic (exact) mass is 205 g/mol. The third kappa shape index (κ3) is 1.72. The average molecular weight is 205 g/mol. The number of nitrogens with zero attached hydrogens (tertiary/aromatic N) is 3. The van der Waals surface area contributed by atoms with Gasteiger partial charge in [-0.05, 0) is 6.92 Å². The van der Waals surface area contributed by atoms with Gasteiger partial charge in [0, 0.05) is 6.26 Å². The van der Waals surface area contributed by atoms with Crippen LogP contribution in [0.3, 0.4) is 0 Å². The van der Waals surface area contributed by atoms with E-state index in [1.54, 1.807) is 0 Å². The van der Waals surface area contributed by atoms with E-state index in [2.05, 4.69) is 10.2 Å². The van der Waals surface area contributed by atoms with Crippen molar-refractivity contribution in [3.05, 3.63) is 5.82 Å². The molecule has 74 valence electrons. The zero-order chi connectivity index (χ0) is 10.2. The van der Waals surface area contributed by atoms with Gasteiger partial charge in [0.15, 0.2) is 15.7 Å². The second-order valence-corrected chi connectivity index (χ2v) is 5.12. The summed E-state index contributed by atoms with van der Waals surface area (Å²) in [5.74, 6) is 5.53. The summed E-state index contributed by atoms with van der Waals surface area (Å²) in [6, 6.07) is 0. The van der Waals surface area contributed by atoms with Gasteiger partial charge in [0.2, 0.25) is 5.95 Å². The molecule has 0 fully saturated rings. The van der Waals surface area contributed by atoms with Gasteiger partial charge in [0.1, 0.15) is 5.25 Å². The van der Waals surface area contributed by atoms with Gasteiger partial charge in [-0.3, -0.25) is 0 Å². The number of hydrogen-bond acceptors (Lipinski definition) is 6.